The molecular weight excluding hydrogens is 376 g/mol. The van der Waals surface area contributed by atoms with E-state index in [2.05, 4.69) is 15.2 Å². The lowest BCUT2D eigenvalue weighted by atomic mass is 10.1. The van der Waals surface area contributed by atoms with Gasteiger partial charge in [-0.05, 0) is 42.5 Å². The molecule has 28 heavy (non-hydrogen) atoms. The van der Waals surface area contributed by atoms with Gasteiger partial charge in [0.1, 0.15) is 11.5 Å². The van der Waals surface area contributed by atoms with Crippen molar-refractivity contribution in [3.05, 3.63) is 65.9 Å². The Balaban J connectivity index is 1.41. The smallest absolute Gasteiger partial charge is 0.337 e. The molecule has 7 nitrogen and oxygen atoms in total. The summed E-state index contributed by atoms with van der Waals surface area (Å²) < 4.78 is 6.88. The molecule has 0 bridgehead atoms. The van der Waals surface area contributed by atoms with Gasteiger partial charge < -0.3 is 15.3 Å². The maximum Gasteiger partial charge on any atom is 0.337 e. The SMILES string of the molecule is Nc1ccc(-c2ccc(CCN=Nc3nc4ccccc4s3)o2)cc1C(=O)O. The minimum absolute atomic E-state index is 0.0556. The van der Waals surface area contributed by atoms with Gasteiger partial charge in [-0.25, -0.2) is 9.78 Å². The summed E-state index contributed by atoms with van der Waals surface area (Å²) in [7, 11) is 0. The number of carboxylic acids is 1. The van der Waals surface area contributed by atoms with Crippen LogP contribution in [-0.2, 0) is 6.42 Å². The number of hydrogen-bond acceptors (Lipinski definition) is 7. The van der Waals surface area contributed by atoms with E-state index < -0.39 is 5.97 Å². The standard InChI is InChI=1S/C20H16N4O3S/c21-15-7-5-12(11-14(15)19(25)26)17-8-6-13(27-17)9-10-22-24-20-23-16-3-1-2-4-18(16)28-20/h1-8,11H,9-10,21H2,(H,25,26). The molecule has 4 aromatic rings. The number of carbonyl (C=O) groups is 1. The topological polar surface area (TPSA) is 114 Å². The highest BCUT2D eigenvalue weighted by molar-refractivity contribution is 7.21. The molecule has 2 heterocycles. The predicted molar refractivity (Wildman–Crippen MR) is 108 cm³/mol. The van der Waals surface area contributed by atoms with E-state index in [-0.39, 0.29) is 11.3 Å². The Kier molecular flexibility index (Phi) is 4.86. The van der Waals surface area contributed by atoms with Gasteiger partial charge in [-0.3, -0.25) is 0 Å². The Labute approximate surface area is 164 Å². The molecule has 0 saturated heterocycles. The fourth-order valence-corrected chi connectivity index (χ4v) is 3.54. The summed E-state index contributed by atoms with van der Waals surface area (Å²) >= 11 is 1.50. The van der Waals surface area contributed by atoms with Crippen molar-refractivity contribution in [1.82, 2.24) is 4.98 Å². The van der Waals surface area contributed by atoms with Gasteiger partial charge >= 0.3 is 5.97 Å². The van der Waals surface area contributed by atoms with E-state index in [1.54, 1.807) is 18.2 Å². The normalized spacial score (nSPS) is 11.4. The number of aromatic carboxylic acids is 1. The lowest BCUT2D eigenvalue weighted by Crippen LogP contribution is -2.02. The van der Waals surface area contributed by atoms with Crippen LogP contribution in [-0.4, -0.2) is 22.6 Å². The first-order valence-electron chi connectivity index (χ1n) is 8.55. The van der Waals surface area contributed by atoms with Gasteiger partial charge in [0.2, 0.25) is 5.13 Å². The molecule has 0 aliphatic rings. The third-order valence-electron chi connectivity index (χ3n) is 4.13. The zero-order valence-corrected chi connectivity index (χ0v) is 15.5. The second kappa shape index (κ2) is 7.61. The van der Waals surface area contributed by atoms with Gasteiger partial charge in [0.15, 0.2) is 0 Å². The lowest BCUT2D eigenvalue weighted by Gasteiger charge is -2.03. The summed E-state index contributed by atoms with van der Waals surface area (Å²) in [6.07, 6.45) is 0.579. The van der Waals surface area contributed by atoms with Gasteiger partial charge in [0, 0.05) is 17.7 Å². The van der Waals surface area contributed by atoms with Crippen molar-refractivity contribution in [1.29, 1.82) is 0 Å². The second-order valence-electron chi connectivity index (χ2n) is 6.05. The van der Waals surface area contributed by atoms with Crippen molar-refractivity contribution in [2.45, 2.75) is 6.42 Å². The van der Waals surface area contributed by atoms with E-state index in [1.807, 2.05) is 30.3 Å². The second-order valence-corrected chi connectivity index (χ2v) is 7.06. The number of rotatable bonds is 6. The lowest BCUT2D eigenvalue weighted by molar-refractivity contribution is 0.0698. The number of nitrogens with two attached hydrogens (primary N) is 1. The van der Waals surface area contributed by atoms with E-state index in [0.29, 0.717) is 29.4 Å². The largest absolute Gasteiger partial charge is 0.478 e. The summed E-state index contributed by atoms with van der Waals surface area (Å²) in [4.78, 5) is 15.6. The number of azo groups is 1. The predicted octanol–water partition coefficient (Wildman–Crippen LogP) is 5.16. The van der Waals surface area contributed by atoms with Crippen molar-refractivity contribution in [3.8, 4) is 11.3 Å². The fraction of sp³-hybridized carbons (Fsp3) is 0.100. The number of thiazole rings is 1. The molecule has 0 spiro atoms. The first kappa shape index (κ1) is 17.9. The van der Waals surface area contributed by atoms with Crippen LogP contribution in [0.5, 0.6) is 0 Å². The molecule has 0 saturated carbocycles. The van der Waals surface area contributed by atoms with Crippen LogP contribution in [0.25, 0.3) is 21.5 Å². The minimum Gasteiger partial charge on any atom is -0.478 e. The van der Waals surface area contributed by atoms with Crippen molar-refractivity contribution in [3.63, 3.8) is 0 Å². The molecule has 3 N–H and O–H groups in total. The van der Waals surface area contributed by atoms with Crippen LogP contribution in [0.4, 0.5) is 10.8 Å². The van der Waals surface area contributed by atoms with Crippen molar-refractivity contribution < 1.29 is 14.3 Å². The zero-order chi connectivity index (χ0) is 19.5. The minimum atomic E-state index is -1.07. The van der Waals surface area contributed by atoms with E-state index in [9.17, 15) is 9.90 Å². The molecule has 140 valence electrons. The van der Waals surface area contributed by atoms with Crippen LogP contribution in [0.1, 0.15) is 16.1 Å². The molecule has 0 amide bonds. The van der Waals surface area contributed by atoms with Crippen molar-refractivity contribution >= 4 is 38.3 Å². The third-order valence-corrected chi connectivity index (χ3v) is 5.05. The van der Waals surface area contributed by atoms with Gasteiger partial charge in [-0.1, -0.05) is 23.5 Å². The van der Waals surface area contributed by atoms with Crippen LogP contribution in [0.2, 0.25) is 0 Å². The Hall–Kier alpha value is -3.52. The number of nitrogen functional groups attached to an aromatic ring is 1. The van der Waals surface area contributed by atoms with Gasteiger partial charge in [0.05, 0.1) is 22.3 Å². The Morgan fingerprint density at radius 2 is 2.04 bits per heavy atom. The number of anilines is 1. The molecule has 0 radical (unpaired) electrons. The summed E-state index contributed by atoms with van der Waals surface area (Å²) in [5.74, 6) is 0.258. The Morgan fingerprint density at radius 1 is 1.18 bits per heavy atom. The van der Waals surface area contributed by atoms with E-state index >= 15 is 0 Å². The van der Waals surface area contributed by atoms with Crippen LogP contribution in [0.3, 0.4) is 0 Å². The quantitative estimate of drug-likeness (QED) is 0.347. The first-order chi connectivity index (χ1) is 13.6. The number of para-hydroxylation sites is 1. The molecule has 2 aromatic carbocycles. The number of furan rings is 1. The maximum atomic E-state index is 11.2. The van der Waals surface area contributed by atoms with Crippen molar-refractivity contribution in [2.75, 3.05) is 12.3 Å². The van der Waals surface area contributed by atoms with Crippen LogP contribution in [0.15, 0.2) is 69.2 Å². The number of aromatic nitrogens is 1. The van der Waals surface area contributed by atoms with E-state index in [1.165, 1.54) is 17.4 Å². The molecule has 0 aliphatic heterocycles. The van der Waals surface area contributed by atoms with E-state index in [4.69, 9.17) is 10.2 Å². The number of benzene rings is 2. The zero-order valence-electron chi connectivity index (χ0n) is 14.7. The molecule has 8 heteroatoms. The summed E-state index contributed by atoms with van der Waals surface area (Å²) in [6, 6.07) is 16.3. The molecular formula is C20H16N4O3S. The summed E-state index contributed by atoms with van der Waals surface area (Å²) in [6.45, 7) is 0.463. The van der Waals surface area contributed by atoms with Crippen LogP contribution >= 0.6 is 11.3 Å². The summed E-state index contributed by atoms with van der Waals surface area (Å²) in [5.41, 5.74) is 7.54. The molecule has 4 rings (SSSR count). The average molecular weight is 392 g/mol. The van der Waals surface area contributed by atoms with Gasteiger partial charge in [0.25, 0.3) is 0 Å². The summed E-state index contributed by atoms with van der Waals surface area (Å²) in [5, 5.41) is 18.2. The highest BCUT2D eigenvalue weighted by Gasteiger charge is 2.12. The monoisotopic (exact) mass is 392 g/mol. The fourth-order valence-electron chi connectivity index (χ4n) is 2.74. The Morgan fingerprint density at radius 3 is 2.86 bits per heavy atom. The molecule has 0 aliphatic carbocycles. The van der Waals surface area contributed by atoms with E-state index in [0.717, 1.165) is 16.0 Å². The number of nitrogens with zero attached hydrogens (tertiary/aromatic N) is 3. The molecule has 0 unspecified atom stereocenters. The Bertz CT molecular complexity index is 1150. The number of carboxylic acid groups (broad SMARTS) is 1. The van der Waals surface area contributed by atoms with Gasteiger partial charge in [-0.2, -0.15) is 5.11 Å². The third kappa shape index (κ3) is 3.77. The first-order valence-corrected chi connectivity index (χ1v) is 9.37. The number of hydrogen-bond donors (Lipinski definition) is 2. The molecule has 2 aromatic heterocycles. The average Bonchev–Trinajstić information content (AvgIpc) is 3.32. The number of fused-ring (bicyclic) bond motifs is 1. The highest BCUT2D eigenvalue weighted by Crippen LogP contribution is 2.28. The molecule has 0 fully saturated rings. The van der Waals surface area contributed by atoms with Crippen molar-refractivity contribution in [2.24, 2.45) is 10.2 Å². The van der Waals surface area contributed by atoms with Crippen LogP contribution < -0.4 is 5.73 Å². The van der Waals surface area contributed by atoms with Crippen LogP contribution in [0, 0.1) is 0 Å². The maximum absolute atomic E-state index is 11.2. The van der Waals surface area contributed by atoms with Gasteiger partial charge in [-0.15, -0.1) is 5.11 Å². The molecule has 0 atom stereocenters. The highest BCUT2D eigenvalue weighted by atomic mass is 32.1.